The summed E-state index contributed by atoms with van der Waals surface area (Å²) in [6, 6.07) is 5.12. The monoisotopic (exact) mass is 284 g/mol. The number of rotatable bonds is 7. The molecule has 0 aliphatic carbocycles. The number of carbonyl (C=O) groups excluding carboxylic acids is 1. The van der Waals surface area contributed by atoms with E-state index in [2.05, 4.69) is 5.32 Å². The first-order chi connectivity index (χ1) is 9.06. The van der Waals surface area contributed by atoms with Gasteiger partial charge in [-0.1, -0.05) is 6.92 Å². The van der Waals surface area contributed by atoms with Gasteiger partial charge in [0.2, 0.25) is 5.91 Å². The Bertz CT molecular complexity index is 426. The molecular formula is C13H20N2O3S. The fourth-order valence-corrected chi connectivity index (χ4v) is 2.23. The van der Waals surface area contributed by atoms with Crippen molar-refractivity contribution >= 4 is 29.0 Å². The van der Waals surface area contributed by atoms with E-state index in [4.69, 9.17) is 15.6 Å². The molecule has 0 spiro atoms. The summed E-state index contributed by atoms with van der Waals surface area (Å²) >= 11 is 1.50. The molecule has 0 aromatic heterocycles. The highest BCUT2D eigenvalue weighted by Crippen LogP contribution is 2.24. The second kappa shape index (κ2) is 7.91. The average Bonchev–Trinajstić information content (AvgIpc) is 2.39. The molecule has 0 saturated heterocycles. The topological polar surface area (TPSA) is 84.6 Å². The van der Waals surface area contributed by atoms with E-state index < -0.39 is 0 Å². The standard InChI is InChI=1S/C13H20N2O3S/c1-9(5-6-16)19-8-13(17)15-12-4-3-10(18-2)7-11(12)14/h3-4,7,9,16H,5-6,8,14H2,1-2H3,(H,15,17). The molecule has 1 aromatic carbocycles. The number of aliphatic hydroxyl groups excluding tert-OH is 1. The van der Waals surface area contributed by atoms with Crippen LogP contribution in [0.15, 0.2) is 18.2 Å². The number of anilines is 2. The molecule has 19 heavy (non-hydrogen) atoms. The van der Waals surface area contributed by atoms with Crippen LogP contribution in [0.3, 0.4) is 0 Å². The molecule has 1 atom stereocenters. The van der Waals surface area contributed by atoms with Crippen LogP contribution in [0.4, 0.5) is 11.4 Å². The van der Waals surface area contributed by atoms with Crippen LogP contribution in [-0.2, 0) is 4.79 Å². The maximum atomic E-state index is 11.7. The Kier molecular flexibility index (Phi) is 6.52. The van der Waals surface area contributed by atoms with Crippen molar-refractivity contribution in [3.63, 3.8) is 0 Å². The van der Waals surface area contributed by atoms with Gasteiger partial charge in [0.25, 0.3) is 0 Å². The number of thioether (sulfide) groups is 1. The Morgan fingerprint density at radius 3 is 2.89 bits per heavy atom. The molecule has 4 N–H and O–H groups in total. The first-order valence-corrected chi connectivity index (χ1v) is 7.07. The highest BCUT2D eigenvalue weighted by molar-refractivity contribution is 8.00. The lowest BCUT2D eigenvalue weighted by molar-refractivity contribution is -0.113. The summed E-state index contributed by atoms with van der Waals surface area (Å²) in [5.74, 6) is 0.889. The van der Waals surface area contributed by atoms with Crippen LogP contribution < -0.4 is 15.8 Å². The third-order valence-corrected chi connectivity index (χ3v) is 3.80. The number of hydrogen-bond donors (Lipinski definition) is 3. The number of hydrogen-bond acceptors (Lipinski definition) is 5. The Hall–Kier alpha value is -1.40. The first-order valence-electron chi connectivity index (χ1n) is 6.02. The van der Waals surface area contributed by atoms with E-state index in [9.17, 15) is 4.79 Å². The smallest absolute Gasteiger partial charge is 0.234 e. The summed E-state index contributed by atoms with van der Waals surface area (Å²) in [5, 5.41) is 11.8. The molecule has 0 bridgehead atoms. The number of amides is 1. The van der Waals surface area contributed by atoms with E-state index in [1.54, 1.807) is 25.3 Å². The lowest BCUT2D eigenvalue weighted by Gasteiger charge is -2.11. The van der Waals surface area contributed by atoms with E-state index in [1.807, 2.05) is 6.92 Å². The van der Waals surface area contributed by atoms with Crippen LogP contribution in [-0.4, -0.2) is 35.7 Å². The van der Waals surface area contributed by atoms with Crippen LogP contribution in [0, 0.1) is 0 Å². The predicted octanol–water partition coefficient (Wildman–Crippen LogP) is 1.72. The van der Waals surface area contributed by atoms with Crippen molar-refractivity contribution in [2.75, 3.05) is 30.5 Å². The third-order valence-electron chi connectivity index (χ3n) is 2.57. The van der Waals surface area contributed by atoms with Gasteiger partial charge in [0.15, 0.2) is 0 Å². The predicted molar refractivity (Wildman–Crippen MR) is 79.7 cm³/mol. The Labute approximate surface area is 117 Å². The van der Waals surface area contributed by atoms with E-state index in [0.29, 0.717) is 29.3 Å². The van der Waals surface area contributed by atoms with Crippen LogP contribution in [0.5, 0.6) is 5.75 Å². The average molecular weight is 284 g/mol. The van der Waals surface area contributed by atoms with Gasteiger partial charge in [-0.05, 0) is 18.6 Å². The lowest BCUT2D eigenvalue weighted by atomic mass is 10.2. The molecule has 0 saturated carbocycles. The van der Waals surface area contributed by atoms with E-state index in [0.717, 1.165) is 0 Å². The summed E-state index contributed by atoms with van der Waals surface area (Å²) in [5.41, 5.74) is 6.87. The number of nitrogen functional groups attached to an aromatic ring is 1. The minimum Gasteiger partial charge on any atom is -0.497 e. The van der Waals surface area contributed by atoms with Crippen LogP contribution in [0.1, 0.15) is 13.3 Å². The molecule has 5 nitrogen and oxygen atoms in total. The van der Waals surface area contributed by atoms with Crippen molar-refractivity contribution in [3.05, 3.63) is 18.2 Å². The maximum Gasteiger partial charge on any atom is 0.234 e. The Balaban J connectivity index is 2.48. The van der Waals surface area contributed by atoms with Gasteiger partial charge in [-0.25, -0.2) is 0 Å². The van der Waals surface area contributed by atoms with Crippen molar-refractivity contribution < 1.29 is 14.6 Å². The SMILES string of the molecule is COc1ccc(NC(=O)CSC(C)CCO)c(N)c1. The van der Waals surface area contributed by atoms with Crippen molar-refractivity contribution in [1.29, 1.82) is 0 Å². The van der Waals surface area contributed by atoms with Crippen LogP contribution in [0.25, 0.3) is 0 Å². The zero-order chi connectivity index (χ0) is 14.3. The number of aliphatic hydroxyl groups is 1. The molecule has 1 unspecified atom stereocenters. The second-order valence-corrected chi connectivity index (χ2v) is 5.56. The normalized spacial score (nSPS) is 11.9. The van der Waals surface area contributed by atoms with E-state index >= 15 is 0 Å². The molecule has 1 amide bonds. The van der Waals surface area contributed by atoms with Crippen LogP contribution >= 0.6 is 11.8 Å². The second-order valence-electron chi connectivity index (χ2n) is 4.14. The molecule has 0 aliphatic rings. The molecule has 106 valence electrons. The summed E-state index contributed by atoms with van der Waals surface area (Å²) in [6.45, 7) is 2.12. The molecule has 0 radical (unpaired) electrons. The zero-order valence-electron chi connectivity index (χ0n) is 11.2. The van der Waals surface area contributed by atoms with Gasteiger partial charge in [-0.15, -0.1) is 11.8 Å². The lowest BCUT2D eigenvalue weighted by Crippen LogP contribution is -2.17. The molecule has 1 aromatic rings. The van der Waals surface area contributed by atoms with E-state index in [-0.39, 0.29) is 17.8 Å². The van der Waals surface area contributed by atoms with Crippen molar-refractivity contribution in [2.45, 2.75) is 18.6 Å². The van der Waals surface area contributed by atoms with Gasteiger partial charge in [0.05, 0.1) is 24.2 Å². The quantitative estimate of drug-likeness (QED) is 0.664. The molecule has 0 heterocycles. The fourth-order valence-electron chi connectivity index (χ4n) is 1.45. The molecule has 6 heteroatoms. The third kappa shape index (κ3) is 5.40. The minimum atomic E-state index is -0.105. The highest BCUT2D eigenvalue weighted by atomic mass is 32.2. The van der Waals surface area contributed by atoms with Gasteiger partial charge >= 0.3 is 0 Å². The Morgan fingerprint density at radius 2 is 2.32 bits per heavy atom. The van der Waals surface area contributed by atoms with Crippen molar-refractivity contribution in [3.8, 4) is 5.75 Å². The van der Waals surface area contributed by atoms with Crippen LogP contribution in [0.2, 0.25) is 0 Å². The van der Waals surface area contributed by atoms with E-state index in [1.165, 1.54) is 11.8 Å². The van der Waals surface area contributed by atoms with Gasteiger partial charge < -0.3 is 20.9 Å². The molecular weight excluding hydrogens is 264 g/mol. The maximum absolute atomic E-state index is 11.7. The van der Waals surface area contributed by atoms with Crippen molar-refractivity contribution in [2.24, 2.45) is 0 Å². The fraction of sp³-hybridized carbons (Fsp3) is 0.462. The Morgan fingerprint density at radius 1 is 1.58 bits per heavy atom. The number of benzene rings is 1. The molecule has 0 aliphatic heterocycles. The first kappa shape index (κ1) is 15.7. The van der Waals surface area contributed by atoms with Gasteiger partial charge in [-0.3, -0.25) is 4.79 Å². The summed E-state index contributed by atoms with van der Waals surface area (Å²) < 4.78 is 5.04. The number of methoxy groups -OCH3 is 1. The number of nitrogens with two attached hydrogens (primary N) is 1. The van der Waals surface area contributed by atoms with Crippen molar-refractivity contribution in [1.82, 2.24) is 0 Å². The number of ether oxygens (including phenoxy) is 1. The minimum absolute atomic E-state index is 0.105. The molecule has 0 fully saturated rings. The summed E-state index contributed by atoms with van der Waals surface area (Å²) in [6.07, 6.45) is 0.683. The van der Waals surface area contributed by atoms with Gasteiger partial charge in [0, 0.05) is 17.9 Å². The summed E-state index contributed by atoms with van der Waals surface area (Å²) in [4.78, 5) is 11.7. The number of nitrogens with one attached hydrogen (secondary N) is 1. The zero-order valence-corrected chi connectivity index (χ0v) is 12.0. The largest absolute Gasteiger partial charge is 0.497 e. The number of carbonyl (C=O) groups is 1. The van der Waals surface area contributed by atoms with Gasteiger partial charge in [0.1, 0.15) is 5.75 Å². The van der Waals surface area contributed by atoms with Gasteiger partial charge in [-0.2, -0.15) is 0 Å². The molecule has 1 rings (SSSR count). The summed E-state index contributed by atoms with van der Waals surface area (Å²) in [7, 11) is 1.56. The highest BCUT2D eigenvalue weighted by Gasteiger charge is 2.09.